The van der Waals surface area contributed by atoms with Gasteiger partial charge in [-0.3, -0.25) is 19.2 Å². The van der Waals surface area contributed by atoms with Gasteiger partial charge in [-0.2, -0.15) is 0 Å². The minimum absolute atomic E-state index is 0.0297. The average molecular weight is 496 g/mol. The van der Waals surface area contributed by atoms with Crippen LogP contribution in [0.2, 0.25) is 0 Å². The van der Waals surface area contributed by atoms with Crippen LogP contribution < -0.4 is 9.62 Å². The Hall–Kier alpha value is -4.25. The summed E-state index contributed by atoms with van der Waals surface area (Å²) in [5, 5.41) is 13.4. The minimum atomic E-state index is -3.90. The number of nitrogens with zero attached hydrogens (tertiary/aromatic N) is 2. The Morgan fingerprint density at radius 3 is 2.63 bits per heavy atom. The number of para-hydroxylation sites is 1. The number of nitro groups is 1. The van der Waals surface area contributed by atoms with E-state index in [4.69, 9.17) is 4.74 Å². The van der Waals surface area contributed by atoms with Crippen LogP contribution in [0.4, 0.5) is 17.1 Å². The number of rotatable bonds is 7. The van der Waals surface area contributed by atoms with E-state index in [9.17, 15) is 28.1 Å². The molecule has 35 heavy (non-hydrogen) atoms. The molecule has 3 aromatic rings. The second kappa shape index (κ2) is 9.55. The van der Waals surface area contributed by atoms with Crippen molar-refractivity contribution in [2.75, 3.05) is 22.8 Å². The number of nitro benzene ring substituents is 1. The van der Waals surface area contributed by atoms with Gasteiger partial charge in [0, 0.05) is 18.7 Å². The predicted octanol–water partition coefficient (Wildman–Crippen LogP) is 3.45. The molecule has 1 aliphatic rings. The number of sulfonamides is 1. The van der Waals surface area contributed by atoms with Crippen LogP contribution in [0.25, 0.3) is 0 Å². The van der Waals surface area contributed by atoms with Crippen molar-refractivity contribution >= 4 is 39.0 Å². The Labute approximate surface area is 201 Å². The molecule has 0 radical (unpaired) electrons. The van der Waals surface area contributed by atoms with Crippen molar-refractivity contribution in [1.82, 2.24) is 0 Å². The van der Waals surface area contributed by atoms with Crippen LogP contribution in [0.5, 0.6) is 0 Å². The molecule has 3 aromatic carbocycles. The lowest BCUT2D eigenvalue weighted by Gasteiger charge is -2.19. The van der Waals surface area contributed by atoms with Gasteiger partial charge in [0.25, 0.3) is 21.6 Å². The fourth-order valence-corrected chi connectivity index (χ4v) is 5.28. The smallest absolute Gasteiger partial charge is 0.338 e. The molecule has 0 aliphatic carbocycles. The summed E-state index contributed by atoms with van der Waals surface area (Å²) < 4.78 is 32.8. The second-order valence-corrected chi connectivity index (χ2v) is 9.73. The van der Waals surface area contributed by atoms with Gasteiger partial charge >= 0.3 is 5.97 Å². The van der Waals surface area contributed by atoms with Gasteiger partial charge in [0.2, 0.25) is 0 Å². The summed E-state index contributed by atoms with van der Waals surface area (Å²) in [4.78, 5) is 35.0. The maximum Gasteiger partial charge on any atom is 0.338 e. The zero-order valence-corrected chi connectivity index (χ0v) is 19.4. The Morgan fingerprint density at radius 1 is 1.09 bits per heavy atom. The molecule has 0 bridgehead atoms. The van der Waals surface area contributed by atoms with Crippen molar-refractivity contribution in [2.24, 2.45) is 0 Å². The van der Waals surface area contributed by atoms with Gasteiger partial charge in [-0.25, -0.2) is 13.2 Å². The number of amides is 1. The number of fused-ring (bicyclic) bond motifs is 1. The highest BCUT2D eigenvalue weighted by Crippen LogP contribution is 2.32. The average Bonchev–Trinajstić information content (AvgIpc) is 3.29. The molecular formula is C24H21N3O7S. The van der Waals surface area contributed by atoms with Gasteiger partial charge in [0.1, 0.15) is 0 Å². The van der Waals surface area contributed by atoms with E-state index >= 15 is 0 Å². The fourth-order valence-electron chi connectivity index (χ4n) is 3.73. The van der Waals surface area contributed by atoms with Crippen molar-refractivity contribution < 1.29 is 27.7 Å². The molecule has 180 valence electrons. The summed E-state index contributed by atoms with van der Waals surface area (Å²) in [6.45, 7) is 1.31. The molecule has 0 saturated heterocycles. The molecule has 10 nitrogen and oxygen atoms in total. The summed E-state index contributed by atoms with van der Waals surface area (Å²) in [5.41, 5.74) is 2.13. The number of benzene rings is 3. The van der Waals surface area contributed by atoms with Crippen molar-refractivity contribution in [3.63, 3.8) is 0 Å². The molecule has 1 N–H and O–H groups in total. The van der Waals surface area contributed by atoms with Crippen LogP contribution in [0.3, 0.4) is 0 Å². The lowest BCUT2D eigenvalue weighted by Crippen LogP contribution is -2.29. The number of hydrogen-bond acceptors (Lipinski definition) is 7. The Morgan fingerprint density at radius 2 is 1.86 bits per heavy atom. The van der Waals surface area contributed by atoms with Gasteiger partial charge in [0.05, 0.1) is 26.8 Å². The number of ether oxygens (including phenoxy) is 1. The molecule has 0 spiro atoms. The summed E-state index contributed by atoms with van der Waals surface area (Å²) in [5.74, 6) is -1.57. The topological polar surface area (TPSA) is 136 Å². The van der Waals surface area contributed by atoms with Crippen LogP contribution >= 0.6 is 0 Å². The predicted molar refractivity (Wildman–Crippen MR) is 128 cm³/mol. The number of hydrogen-bond donors (Lipinski definition) is 1. The zero-order valence-electron chi connectivity index (χ0n) is 18.6. The first kappa shape index (κ1) is 23.9. The monoisotopic (exact) mass is 495 g/mol. The molecule has 0 unspecified atom stereocenters. The second-order valence-electron chi connectivity index (χ2n) is 7.86. The summed E-state index contributed by atoms with van der Waals surface area (Å²) in [6, 6.07) is 16.7. The third-order valence-corrected chi connectivity index (χ3v) is 7.35. The van der Waals surface area contributed by atoms with Gasteiger partial charge in [-0.1, -0.05) is 30.3 Å². The van der Waals surface area contributed by atoms with Crippen molar-refractivity contribution in [2.45, 2.75) is 18.2 Å². The molecule has 1 aliphatic heterocycles. The van der Waals surface area contributed by atoms with Crippen molar-refractivity contribution in [1.29, 1.82) is 0 Å². The summed E-state index contributed by atoms with van der Waals surface area (Å²) in [7, 11) is -3.90. The van der Waals surface area contributed by atoms with Crippen LogP contribution in [0.1, 0.15) is 21.5 Å². The van der Waals surface area contributed by atoms with E-state index in [-0.39, 0.29) is 21.8 Å². The van der Waals surface area contributed by atoms with Crippen LogP contribution in [0.15, 0.2) is 71.6 Å². The van der Waals surface area contributed by atoms with Gasteiger partial charge in [-0.15, -0.1) is 0 Å². The lowest BCUT2D eigenvalue weighted by atomic mass is 10.2. The maximum absolute atomic E-state index is 13.2. The fraction of sp³-hybridized carbons (Fsp3) is 0.167. The Kier molecular flexibility index (Phi) is 6.52. The van der Waals surface area contributed by atoms with Crippen molar-refractivity contribution in [3.8, 4) is 0 Å². The number of anilines is 2. The molecule has 11 heteroatoms. The molecule has 1 heterocycles. The summed E-state index contributed by atoms with van der Waals surface area (Å²) >= 11 is 0. The highest BCUT2D eigenvalue weighted by molar-refractivity contribution is 7.92. The third kappa shape index (κ3) is 4.99. The molecule has 0 fully saturated rings. The van der Waals surface area contributed by atoms with Crippen LogP contribution in [-0.4, -0.2) is 38.4 Å². The molecule has 4 rings (SSSR count). The SMILES string of the molecule is Cc1ccc([N+](=O)[O-])cc1NC(=O)COC(=O)c1cccc(S(=O)(=O)N2CCc3ccccc32)c1. The van der Waals surface area contributed by atoms with Crippen LogP contribution in [0, 0.1) is 17.0 Å². The van der Waals surface area contributed by atoms with E-state index in [1.165, 1.54) is 46.8 Å². The largest absolute Gasteiger partial charge is 0.452 e. The highest BCUT2D eigenvalue weighted by Gasteiger charge is 2.31. The van der Waals surface area contributed by atoms with E-state index in [0.717, 1.165) is 5.56 Å². The number of aryl methyl sites for hydroxylation is 1. The number of nitrogens with one attached hydrogen (secondary N) is 1. The normalized spacial score (nSPS) is 12.7. The first-order valence-corrected chi connectivity index (χ1v) is 12.0. The third-order valence-electron chi connectivity index (χ3n) is 5.54. The quantitative estimate of drug-likeness (QED) is 0.301. The molecule has 0 saturated carbocycles. The van der Waals surface area contributed by atoms with Crippen LogP contribution in [-0.2, 0) is 26.0 Å². The minimum Gasteiger partial charge on any atom is -0.452 e. The summed E-state index contributed by atoms with van der Waals surface area (Å²) in [6.07, 6.45) is 0.594. The Balaban J connectivity index is 1.44. The lowest BCUT2D eigenvalue weighted by molar-refractivity contribution is -0.384. The standard InChI is InChI=1S/C24H21N3O7S/c1-16-9-10-19(27(30)31)14-21(16)25-23(28)15-34-24(29)18-6-4-7-20(13-18)35(32,33)26-12-11-17-5-2-3-8-22(17)26/h2-10,13-14H,11-12,15H2,1H3,(H,25,28). The number of carbonyl (C=O) groups is 2. The highest BCUT2D eigenvalue weighted by atomic mass is 32.2. The zero-order chi connectivity index (χ0) is 25.2. The van der Waals surface area contributed by atoms with E-state index in [1.807, 2.05) is 12.1 Å². The number of non-ortho nitro benzene ring substituents is 1. The molecule has 0 atom stereocenters. The van der Waals surface area contributed by atoms with Crippen molar-refractivity contribution in [3.05, 3.63) is 93.5 Å². The van der Waals surface area contributed by atoms with Gasteiger partial charge in [-0.05, 0) is 48.7 Å². The van der Waals surface area contributed by atoms with E-state index in [0.29, 0.717) is 24.2 Å². The molecule has 1 amide bonds. The first-order chi connectivity index (χ1) is 16.7. The first-order valence-electron chi connectivity index (χ1n) is 10.6. The van der Waals surface area contributed by atoms with E-state index in [1.54, 1.807) is 19.1 Å². The molecular weight excluding hydrogens is 474 g/mol. The molecule has 0 aromatic heterocycles. The van der Waals surface area contributed by atoms with Gasteiger partial charge in [0.15, 0.2) is 6.61 Å². The Bertz CT molecular complexity index is 1440. The van der Waals surface area contributed by atoms with E-state index in [2.05, 4.69) is 5.32 Å². The van der Waals surface area contributed by atoms with Gasteiger partial charge < -0.3 is 10.1 Å². The number of carbonyl (C=O) groups excluding carboxylic acids is 2. The maximum atomic E-state index is 13.2. The number of esters is 1. The van der Waals surface area contributed by atoms with E-state index < -0.39 is 33.4 Å².